The van der Waals surface area contributed by atoms with Gasteiger partial charge in [0, 0.05) is 24.7 Å². The number of aryl methyl sites for hydroxylation is 1. The molecule has 2 aliphatic rings. The van der Waals surface area contributed by atoms with E-state index in [0.717, 1.165) is 44.3 Å². The lowest BCUT2D eigenvalue weighted by Gasteiger charge is -2.25. The maximum atomic E-state index is 15.1. The van der Waals surface area contributed by atoms with Crippen molar-refractivity contribution < 1.29 is 4.39 Å². The Hall–Kier alpha value is -2.31. The molecule has 26 heavy (non-hydrogen) atoms. The lowest BCUT2D eigenvalue weighted by molar-refractivity contribution is 0.566. The molecule has 7 heteroatoms. The van der Waals surface area contributed by atoms with Crippen molar-refractivity contribution in [3.05, 3.63) is 38.3 Å². The molecule has 2 N–H and O–H groups in total. The first-order valence-electron chi connectivity index (χ1n) is 9.50. The van der Waals surface area contributed by atoms with Crippen LogP contribution in [0, 0.1) is 11.7 Å². The molecule has 1 aliphatic carbocycles. The number of nitrogens with zero attached hydrogens (tertiary/aromatic N) is 3. The van der Waals surface area contributed by atoms with Crippen molar-refractivity contribution in [2.75, 3.05) is 23.8 Å². The summed E-state index contributed by atoms with van der Waals surface area (Å²) < 4.78 is 17.3. The molecule has 1 aromatic carbocycles. The van der Waals surface area contributed by atoms with Crippen molar-refractivity contribution in [3.63, 3.8) is 0 Å². The molecule has 0 radical (unpaired) electrons. The number of hydrogen-bond acceptors (Lipinski definition) is 4. The van der Waals surface area contributed by atoms with Gasteiger partial charge in [0.1, 0.15) is 5.82 Å². The molecule has 140 valence electrons. The van der Waals surface area contributed by atoms with Gasteiger partial charge in [-0.3, -0.25) is 9.36 Å². The lowest BCUT2D eigenvalue weighted by Crippen LogP contribution is -2.45. The van der Waals surface area contributed by atoms with E-state index in [0.29, 0.717) is 28.2 Å². The summed E-state index contributed by atoms with van der Waals surface area (Å²) in [4.78, 5) is 27.3. The molecular weight excluding hydrogens is 335 g/mol. The molecule has 2 aromatic rings. The van der Waals surface area contributed by atoms with E-state index in [1.807, 2.05) is 6.92 Å². The van der Waals surface area contributed by atoms with Crippen molar-refractivity contribution >= 4 is 16.6 Å². The highest BCUT2D eigenvalue weighted by Crippen LogP contribution is 2.39. The van der Waals surface area contributed by atoms with Crippen LogP contribution < -0.4 is 22.0 Å². The van der Waals surface area contributed by atoms with Crippen LogP contribution in [0.1, 0.15) is 51.1 Å². The van der Waals surface area contributed by atoms with E-state index in [-0.39, 0.29) is 11.4 Å². The molecule has 2 heterocycles. The van der Waals surface area contributed by atoms with E-state index in [9.17, 15) is 9.59 Å². The first kappa shape index (κ1) is 17.1. The third kappa shape index (κ3) is 2.44. The van der Waals surface area contributed by atoms with E-state index < -0.39 is 17.1 Å². The highest BCUT2D eigenvalue weighted by Gasteiger charge is 2.32. The Kier molecular flexibility index (Phi) is 4.04. The zero-order chi connectivity index (χ0) is 18.6. The summed E-state index contributed by atoms with van der Waals surface area (Å²) in [5.41, 5.74) is 0.737. The van der Waals surface area contributed by atoms with Gasteiger partial charge >= 0.3 is 5.69 Å². The number of nitrogens with two attached hydrogens (primary N) is 1. The predicted molar refractivity (Wildman–Crippen MR) is 101 cm³/mol. The summed E-state index contributed by atoms with van der Waals surface area (Å²) in [6.45, 7) is 5.71. The van der Waals surface area contributed by atoms with Gasteiger partial charge in [-0.25, -0.2) is 9.18 Å². The molecule has 0 unspecified atom stereocenters. The highest BCUT2D eigenvalue weighted by atomic mass is 19.1. The van der Waals surface area contributed by atoms with E-state index in [4.69, 9.17) is 5.84 Å². The van der Waals surface area contributed by atoms with Crippen molar-refractivity contribution in [3.8, 4) is 0 Å². The monoisotopic (exact) mass is 360 g/mol. The number of aromatic nitrogens is 2. The molecule has 1 saturated heterocycles. The van der Waals surface area contributed by atoms with Gasteiger partial charge in [0.2, 0.25) is 0 Å². The summed E-state index contributed by atoms with van der Waals surface area (Å²) in [6, 6.07) is 1.32. The molecule has 4 rings (SSSR count). The number of hydrogen-bond donors (Lipinski definition) is 1. The Morgan fingerprint density at radius 3 is 2.54 bits per heavy atom. The number of rotatable bonds is 4. The van der Waals surface area contributed by atoms with Crippen LogP contribution >= 0.6 is 0 Å². The molecule has 1 aromatic heterocycles. The third-order valence-electron chi connectivity index (χ3n) is 5.87. The topological polar surface area (TPSA) is 73.3 Å². The van der Waals surface area contributed by atoms with Gasteiger partial charge in [-0.1, -0.05) is 20.3 Å². The number of nitrogen functional groups attached to an aromatic ring is 1. The summed E-state index contributed by atoms with van der Waals surface area (Å²) in [7, 11) is 0. The van der Waals surface area contributed by atoms with Gasteiger partial charge < -0.3 is 10.7 Å². The van der Waals surface area contributed by atoms with E-state index >= 15 is 4.39 Å². The van der Waals surface area contributed by atoms with Crippen molar-refractivity contribution in [1.29, 1.82) is 0 Å². The standard InChI is InChI=1S/C19H25FN4O2/c1-3-11-7-8-22(10-11)17-13(4-2)16-14(9-15(17)20)18(25)24(21)19(26)23(16)12-5-6-12/h9,11-12H,3-8,10,21H2,1-2H3/t11-/m1/s1. The summed E-state index contributed by atoms with van der Waals surface area (Å²) in [5.74, 6) is 5.84. The molecule has 6 nitrogen and oxygen atoms in total. The van der Waals surface area contributed by atoms with E-state index in [2.05, 4.69) is 11.8 Å². The Bertz CT molecular complexity index is 990. The van der Waals surface area contributed by atoms with Crippen LogP contribution in [-0.4, -0.2) is 22.3 Å². The van der Waals surface area contributed by atoms with Crippen LogP contribution in [0.5, 0.6) is 0 Å². The van der Waals surface area contributed by atoms with Gasteiger partial charge in [-0.15, -0.1) is 0 Å². The maximum Gasteiger partial charge on any atom is 0.350 e. The van der Waals surface area contributed by atoms with Gasteiger partial charge in [0.15, 0.2) is 0 Å². The predicted octanol–water partition coefficient (Wildman–Crippen LogP) is 2.15. The van der Waals surface area contributed by atoms with Crippen LogP contribution in [0.25, 0.3) is 10.9 Å². The highest BCUT2D eigenvalue weighted by molar-refractivity contribution is 5.87. The Labute approximate surface area is 151 Å². The maximum absolute atomic E-state index is 15.1. The molecule has 1 atom stereocenters. The van der Waals surface area contributed by atoms with Crippen molar-refractivity contribution in [2.24, 2.45) is 5.92 Å². The number of anilines is 1. The molecule has 0 spiro atoms. The molecule has 1 aliphatic heterocycles. The third-order valence-corrected chi connectivity index (χ3v) is 5.87. The second kappa shape index (κ2) is 6.14. The fourth-order valence-corrected chi connectivity index (χ4v) is 4.27. The average Bonchev–Trinajstić information content (AvgIpc) is 3.36. The minimum Gasteiger partial charge on any atom is -0.369 e. The Morgan fingerprint density at radius 1 is 1.23 bits per heavy atom. The van der Waals surface area contributed by atoms with Crippen molar-refractivity contribution in [1.82, 2.24) is 9.24 Å². The lowest BCUT2D eigenvalue weighted by atomic mass is 10.0. The Balaban J connectivity index is 2.05. The van der Waals surface area contributed by atoms with Crippen LogP contribution in [-0.2, 0) is 6.42 Å². The van der Waals surface area contributed by atoms with Gasteiger partial charge in [0.05, 0.1) is 16.6 Å². The number of fused-ring (bicyclic) bond motifs is 1. The summed E-state index contributed by atoms with van der Waals surface area (Å²) in [6.07, 6.45) is 4.42. The van der Waals surface area contributed by atoms with Crippen LogP contribution in [0.15, 0.2) is 15.7 Å². The SMILES string of the molecule is CCc1c(N2CC[C@@H](CC)C2)c(F)cc2c(=O)n(N)c(=O)n(C3CC3)c12. The number of benzene rings is 1. The summed E-state index contributed by atoms with van der Waals surface area (Å²) in [5, 5.41) is 0.198. The number of halogens is 1. The second-order valence-corrected chi connectivity index (χ2v) is 7.50. The van der Waals surface area contributed by atoms with Crippen molar-refractivity contribution in [2.45, 2.75) is 52.0 Å². The van der Waals surface area contributed by atoms with E-state index in [1.54, 1.807) is 4.57 Å². The van der Waals surface area contributed by atoms with Gasteiger partial charge in [-0.05, 0) is 37.7 Å². The minimum atomic E-state index is -0.630. The molecule has 0 bridgehead atoms. The molecule has 2 fully saturated rings. The largest absolute Gasteiger partial charge is 0.369 e. The fourth-order valence-electron chi connectivity index (χ4n) is 4.27. The fraction of sp³-hybridized carbons (Fsp3) is 0.579. The first-order chi connectivity index (χ1) is 12.5. The van der Waals surface area contributed by atoms with Crippen LogP contribution in [0.3, 0.4) is 0 Å². The Morgan fingerprint density at radius 2 is 1.96 bits per heavy atom. The van der Waals surface area contributed by atoms with Crippen LogP contribution in [0.4, 0.5) is 10.1 Å². The normalized spacial score (nSPS) is 20.3. The smallest absolute Gasteiger partial charge is 0.350 e. The molecular formula is C19H25FN4O2. The molecule has 0 amide bonds. The first-order valence-corrected chi connectivity index (χ1v) is 9.50. The minimum absolute atomic E-state index is 0.0472. The van der Waals surface area contributed by atoms with Gasteiger partial charge in [0.25, 0.3) is 5.56 Å². The molecule has 1 saturated carbocycles. The van der Waals surface area contributed by atoms with Crippen LogP contribution in [0.2, 0.25) is 0 Å². The van der Waals surface area contributed by atoms with E-state index in [1.165, 1.54) is 6.07 Å². The second-order valence-electron chi connectivity index (χ2n) is 7.50. The van der Waals surface area contributed by atoms with Gasteiger partial charge in [-0.2, -0.15) is 4.68 Å². The quantitative estimate of drug-likeness (QED) is 0.848. The zero-order valence-corrected chi connectivity index (χ0v) is 15.3. The average molecular weight is 360 g/mol. The summed E-state index contributed by atoms with van der Waals surface area (Å²) >= 11 is 0. The zero-order valence-electron chi connectivity index (χ0n) is 15.3.